The third-order valence-electron chi connectivity index (χ3n) is 5.07. The summed E-state index contributed by atoms with van der Waals surface area (Å²) in [5.74, 6) is 1.70. The second kappa shape index (κ2) is 8.98. The van der Waals surface area contributed by atoms with Crippen LogP contribution < -0.4 is 15.4 Å². The third kappa shape index (κ3) is 4.80. The first-order valence-electron chi connectivity index (χ1n) is 9.63. The second-order valence-electron chi connectivity index (χ2n) is 7.72. The zero-order chi connectivity index (χ0) is 19.6. The number of rotatable bonds is 3. The van der Waals surface area contributed by atoms with Gasteiger partial charge in [-0.15, -0.1) is 24.0 Å². The van der Waals surface area contributed by atoms with E-state index < -0.39 is 0 Å². The molecule has 0 spiro atoms. The molecule has 1 aliphatic heterocycles. The number of ether oxygens (including phenoxy) is 1. The van der Waals surface area contributed by atoms with Crippen molar-refractivity contribution in [3.8, 4) is 5.75 Å². The summed E-state index contributed by atoms with van der Waals surface area (Å²) in [7, 11) is 1.80. The largest absolute Gasteiger partial charge is 0.487 e. The lowest BCUT2D eigenvalue weighted by Gasteiger charge is -2.38. The number of guanidine groups is 1. The number of benzene rings is 2. The average Bonchev–Trinajstić information content (AvgIpc) is 2.70. The lowest BCUT2D eigenvalue weighted by atomic mass is 9.90. The predicted octanol–water partition coefficient (Wildman–Crippen LogP) is 4.82. The van der Waals surface area contributed by atoms with Crippen molar-refractivity contribution in [3.05, 3.63) is 71.9 Å². The molecule has 4 rings (SSSR count). The normalized spacial score (nSPS) is 17.6. The highest BCUT2D eigenvalue weighted by Gasteiger charge is 2.33. The SMILES string of the molecule is CN=C(NCc1cccc2cccnc12)NC1CC(C)(C)Oc2ccccc21.I. The van der Waals surface area contributed by atoms with Crippen LogP contribution in [0.4, 0.5) is 0 Å². The van der Waals surface area contributed by atoms with Crippen LogP contribution in [-0.2, 0) is 6.54 Å². The standard InChI is InChI=1S/C23H26N4O.HI/c1-23(2)14-19(18-11-4-5-12-20(18)28-23)27-22(24-3)26-15-17-9-6-8-16-10-7-13-25-21(16)17;/h4-13,19H,14-15H2,1-3H3,(H2,24,26,27);1H. The molecule has 1 aliphatic rings. The number of para-hydroxylation sites is 2. The highest BCUT2D eigenvalue weighted by atomic mass is 127. The number of nitrogens with one attached hydrogen (secondary N) is 2. The van der Waals surface area contributed by atoms with Gasteiger partial charge in [-0.1, -0.05) is 42.5 Å². The first-order chi connectivity index (χ1) is 13.6. The summed E-state index contributed by atoms with van der Waals surface area (Å²) in [5.41, 5.74) is 3.10. The summed E-state index contributed by atoms with van der Waals surface area (Å²) >= 11 is 0. The fourth-order valence-electron chi connectivity index (χ4n) is 3.78. The van der Waals surface area contributed by atoms with E-state index in [0.29, 0.717) is 6.54 Å². The zero-order valence-electron chi connectivity index (χ0n) is 17.0. The molecule has 152 valence electrons. The Balaban J connectivity index is 0.00000240. The van der Waals surface area contributed by atoms with Crippen molar-refractivity contribution in [2.45, 2.75) is 38.5 Å². The number of hydrogen-bond donors (Lipinski definition) is 2. The Bertz CT molecular complexity index is 1010. The molecule has 2 aromatic carbocycles. The van der Waals surface area contributed by atoms with E-state index >= 15 is 0 Å². The molecule has 0 radical (unpaired) electrons. The van der Waals surface area contributed by atoms with E-state index in [4.69, 9.17) is 4.74 Å². The van der Waals surface area contributed by atoms with E-state index in [9.17, 15) is 0 Å². The monoisotopic (exact) mass is 502 g/mol. The molecule has 29 heavy (non-hydrogen) atoms. The minimum absolute atomic E-state index is 0. The smallest absolute Gasteiger partial charge is 0.191 e. The van der Waals surface area contributed by atoms with E-state index in [1.54, 1.807) is 7.05 Å². The Morgan fingerprint density at radius 1 is 1.14 bits per heavy atom. The van der Waals surface area contributed by atoms with E-state index in [1.807, 2.05) is 30.5 Å². The van der Waals surface area contributed by atoms with Crippen LogP contribution in [0, 0.1) is 0 Å². The Hall–Kier alpha value is -2.35. The van der Waals surface area contributed by atoms with Crippen molar-refractivity contribution in [1.29, 1.82) is 0 Å². The van der Waals surface area contributed by atoms with Crippen molar-refractivity contribution in [2.24, 2.45) is 4.99 Å². The molecule has 0 fully saturated rings. The van der Waals surface area contributed by atoms with Gasteiger partial charge in [0.25, 0.3) is 0 Å². The molecule has 1 aromatic heterocycles. The van der Waals surface area contributed by atoms with Crippen LogP contribution >= 0.6 is 24.0 Å². The highest BCUT2D eigenvalue weighted by molar-refractivity contribution is 14.0. The van der Waals surface area contributed by atoms with Crippen LogP contribution in [0.5, 0.6) is 5.75 Å². The van der Waals surface area contributed by atoms with E-state index in [1.165, 1.54) is 0 Å². The number of hydrogen-bond acceptors (Lipinski definition) is 3. The minimum Gasteiger partial charge on any atom is -0.487 e. The number of pyridine rings is 1. The minimum atomic E-state index is -0.232. The predicted molar refractivity (Wildman–Crippen MR) is 129 cm³/mol. The van der Waals surface area contributed by atoms with Gasteiger partial charge in [-0.3, -0.25) is 9.98 Å². The summed E-state index contributed by atoms with van der Waals surface area (Å²) in [5, 5.41) is 8.16. The van der Waals surface area contributed by atoms with E-state index in [-0.39, 0.29) is 35.6 Å². The molecule has 0 aliphatic carbocycles. The summed E-state index contributed by atoms with van der Waals surface area (Å²) in [6, 6.07) is 18.6. The molecule has 2 heterocycles. The molecule has 0 saturated carbocycles. The van der Waals surface area contributed by atoms with Gasteiger partial charge in [0, 0.05) is 37.2 Å². The molecule has 1 unspecified atom stereocenters. The quantitative estimate of drug-likeness (QED) is 0.307. The Kier molecular flexibility index (Phi) is 6.62. The number of fused-ring (bicyclic) bond motifs is 2. The number of aliphatic imine (C=N–C) groups is 1. The maximum Gasteiger partial charge on any atom is 0.191 e. The topological polar surface area (TPSA) is 58.5 Å². The third-order valence-corrected chi connectivity index (χ3v) is 5.07. The molecule has 0 amide bonds. The van der Waals surface area contributed by atoms with Crippen LogP contribution in [0.15, 0.2) is 65.8 Å². The molecular formula is C23H27IN4O. The molecule has 3 aromatic rings. The van der Waals surface area contributed by atoms with Crippen molar-refractivity contribution in [1.82, 2.24) is 15.6 Å². The van der Waals surface area contributed by atoms with Gasteiger partial charge in [0.05, 0.1) is 11.6 Å². The van der Waals surface area contributed by atoms with Gasteiger partial charge in [-0.2, -0.15) is 0 Å². The second-order valence-corrected chi connectivity index (χ2v) is 7.72. The summed E-state index contributed by atoms with van der Waals surface area (Å²) in [6.45, 7) is 4.90. The fraction of sp³-hybridized carbons (Fsp3) is 0.304. The van der Waals surface area contributed by atoms with Crippen molar-refractivity contribution in [3.63, 3.8) is 0 Å². The highest BCUT2D eigenvalue weighted by Crippen LogP contribution is 2.39. The van der Waals surface area contributed by atoms with Gasteiger partial charge < -0.3 is 15.4 Å². The van der Waals surface area contributed by atoms with Gasteiger partial charge in [-0.05, 0) is 31.5 Å². The van der Waals surface area contributed by atoms with Gasteiger partial charge >= 0.3 is 0 Å². The molecule has 0 saturated heterocycles. The fourth-order valence-corrected chi connectivity index (χ4v) is 3.78. The first-order valence-corrected chi connectivity index (χ1v) is 9.63. The van der Waals surface area contributed by atoms with Gasteiger partial charge in [0.2, 0.25) is 0 Å². The lowest BCUT2D eigenvalue weighted by molar-refractivity contribution is 0.0694. The van der Waals surface area contributed by atoms with Crippen molar-refractivity contribution >= 4 is 40.8 Å². The number of halogens is 1. The zero-order valence-corrected chi connectivity index (χ0v) is 19.3. The Morgan fingerprint density at radius 2 is 1.93 bits per heavy atom. The van der Waals surface area contributed by atoms with Crippen LogP contribution in [-0.4, -0.2) is 23.6 Å². The van der Waals surface area contributed by atoms with Crippen molar-refractivity contribution in [2.75, 3.05) is 7.05 Å². The van der Waals surface area contributed by atoms with Gasteiger partial charge in [-0.25, -0.2) is 0 Å². The van der Waals surface area contributed by atoms with Crippen LogP contribution in [0.1, 0.15) is 37.4 Å². The summed E-state index contributed by atoms with van der Waals surface area (Å²) in [6.07, 6.45) is 2.69. The summed E-state index contributed by atoms with van der Waals surface area (Å²) in [4.78, 5) is 8.96. The Morgan fingerprint density at radius 3 is 2.76 bits per heavy atom. The van der Waals surface area contributed by atoms with Gasteiger partial charge in [0.1, 0.15) is 11.4 Å². The number of aromatic nitrogens is 1. The maximum absolute atomic E-state index is 6.13. The van der Waals surface area contributed by atoms with Gasteiger partial charge in [0.15, 0.2) is 5.96 Å². The molecule has 2 N–H and O–H groups in total. The van der Waals surface area contributed by atoms with Crippen molar-refractivity contribution < 1.29 is 4.74 Å². The maximum atomic E-state index is 6.13. The summed E-state index contributed by atoms with van der Waals surface area (Å²) < 4.78 is 6.13. The van der Waals surface area contributed by atoms with Crippen LogP contribution in [0.25, 0.3) is 10.9 Å². The molecule has 1 atom stereocenters. The van der Waals surface area contributed by atoms with E-state index in [0.717, 1.165) is 40.2 Å². The average molecular weight is 502 g/mol. The molecule has 6 heteroatoms. The van der Waals surface area contributed by atoms with Crippen LogP contribution in [0.2, 0.25) is 0 Å². The Labute approximate surface area is 189 Å². The molecule has 0 bridgehead atoms. The number of nitrogens with zero attached hydrogens (tertiary/aromatic N) is 2. The lowest BCUT2D eigenvalue weighted by Crippen LogP contribution is -2.45. The molecule has 5 nitrogen and oxygen atoms in total. The van der Waals surface area contributed by atoms with Crippen LogP contribution in [0.3, 0.4) is 0 Å². The molecular weight excluding hydrogens is 475 g/mol. The van der Waals surface area contributed by atoms with E-state index in [2.05, 4.69) is 64.8 Å². The first kappa shape index (κ1) is 21.4.